The van der Waals surface area contributed by atoms with Crippen LogP contribution in [-0.4, -0.2) is 27.9 Å². The van der Waals surface area contributed by atoms with Crippen molar-refractivity contribution in [2.24, 2.45) is 0 Å². The summed E-state index contributed by atoms with van der Waals surface area (Å²) in [7, 11) is -0.499. The molecule has 0 radical (unpaired) electrons. The van der Waals surface area contributed by atoms with Crippen LogP contribution >= 0.6 is 31.1 Å². The third kappa shape index (κ3) is 6.52. The molecule has 0 saturated heterocycles. The molecule has 46 heavy (non-hydrogen) atoms. The number of alkyl halides is 2. The molecule has 0 bridgehead atoms. The number of anilines is 2. The zero-order chi connectivity index (χ0) is 32.0. The normalized spacial score (nSPS) is 24.7. The maximum Gasteiger partial charge on any atom is 0.127 e. The fraction of sp³-hybridized carbons (Fsp3) is 0.538. The van der Waals surface area contributed by atoms with E-state index >= 15 is 0 Å². The standard InChI is InChI=1S/C39H51Cl2N2OP.Ru/c1-8-44-24-33-35(34(40)23-39(33,41)45(31-13-9-10-14-31)32-15-11-12-16-32)38-42(36-27(4)19-25(2)20-28(36)5)17-18-43(38)37-29(6)21-26(3)22-30(37)7;/h17-22,24,31-32,34H,8-16,23H2,1-7H3;. The number of nitrogens with zero attached hydrogens (tertiary/aromatic N) is 2. The van der Waals surface area contributed by atoms with E-state index in [2.05, 4.69) is 94.9 Å². The Balaban J connectivity index is 0.00000417. The van der Waals surface area contributed by atoms with Gasteiger partial charge >= 0.3 is 0 Å². The zero-order valence-corrected chi connectivity index (χ0v) is 32.8. The summed E-state index contributed by atoms with van der Waals surface area (Å²) in [6.07, 6.45) is 17.8. The van der Waals surface area contributed by atoms with Gasteiger partial charge in [-0.05, 0) is 114 Å². The number of benzene rings is 2. The average molecular weight is 767 g/mol. The van der Waals surface area contributed by atoms with Crippen LogP contribution in [0.2, 0.25) is 0 Å². The molecular formula is C39H51Cl2N2OPRu. The van der Waals surface area contributed by atoms with Gasteiger partial charge in [-0.3, -0.25) is 0 Å². The number of ether oxygens (including phenoxy) is 1. The van der Waals surface area contributed by atoms with Crippen molar-refractivity contribution in [3.8, 4) is 0 Å². The van der Waals surface area contributed by atoms with Crippen molar-refractivity contribution in [1.29, 1.82) is 0 Å². The van der Waals surface area contributed by atoms with Gasteiger partial charge in [0.1, 0.15) is 5.82 Å². The van der Waals surface area contributed by atoms with Crippen LogP contribution in [0.4, 0.5) is 11.4 Å². The minimum absolute atomic E-state index is 0. The first-order valence-electron chi connectivity index (χ1n) is 17.2. The Morgan fingerprint density at radius 3 is 1.59 bits per heavy atom. The van der Waals surface area contributed by atoms with Gasteiger partial charge in [-0.1, -0.05) is 69.0 Å². The molecule has 0 spiro atoms. The first-order chi connectivity index (χ1) is 21.5. The molecular weight excluding hydrogens is 715 g/mol. The number of hydrogen-bond donors (Lipinski definition) is 0. The molecule has 0 N–H and O–H groups in total. The predicted molar refractivity (Wildman–Crippen MR) is 196 cm³/mol. The summed E-state index contributed by atoms with van der Waals surface area (Å²) in [5.41, 5.74) is 13.7. The van der Waals surface area contributed by atoms with Crippen LogP contribution in [0.15, 0.2) is 59.9 Å². The number of hydrogen-bond acceptors (Lipinski definition) is 3. The van der Waals surface area contributed by atoms with Crippen molar-refractivity contribution in [3.63, 3.8) is 0 Å². The summed E-state index contributed by atoms with van der Waals surface area (Å²) < 4.78 is 5.75. The number of aryl methyl sites for hydroxylation is 6. The van der Waals surface area contributed by atoms with Crippen molar-refractivity contribution in [2.45, 2.75) is 128 Å². The van der Waals surface area contributed by atoms with Crippen LogP contribution in [0.25, 0.3) is 0 Å². The largest absolute Gasteiger partial charge is 0.501 e. The van der Waals surface area contributed by atoms with Crippen molar-refractivity contribution >= 4 is 42.5 Å². The smallest absolute Gasteiger partial charge is 0.127 e. The fourth-order valence-electron chi connectivity index (χ4n) is 9.01. The summed E-state index contributed by atoms with van der Waals surface area (Å²) in [6.45, 7) is 15.9. The Bertz CT molecular complexity index is 1410. The van der Waals surface area contributed by atoms with Crippen LogP contribution in [0.1, 0.15) is 98.1 Å². The predicted octanol–water partition coefficient (Wildman–Crippen LogP) is 11.8. The van der Waals surface area contributed by atoms with E-state index < -0.39 is 12.5 Å². The van der Waals surface area contributed by atoms with Gasteiger partial charge in [0.25, 0.3) is 0 Å². The Kier molecular flexibility index (Phi) is 11.5. The maximum absolute atomic E-state index is 8.23. The second kappa shape index (κ2) is 14.7. The molecule has 0 aromatic heterocycles. The molecule has 1 aliphatic heterocycles. The van der Waals surface area contributed by atoms with Crippen molar-refractivity contribution in [1.82, 2.24) is 0 Å². The van der Waals surface area contributed by atoms with Crippen molar-refractivity contribution < 1.29 is 24.2 Å². The molecule has 1 heterocycles. The summed E-state index contributed by atoms with van der Waals surface area (Å²) in [4.78, 5) is 4.78. The average Bonchev–Trinajstić information content (AvgIpc) is 3.77. The van der Waals surface area contributed by atoms with E-state index in [1.807, 2.05) is 6.26 Å². The van der Waals surface area contributed by atoms with E-state index in [4.69, 9.17) is 27.9 Å². The summed E-state index contributed by atoms with van der Waals surface area (Å²) >= 11 is 15.9. The molecule has 2 aromatic rings. The van der Waals surface area contributed by atoms with Gasteiger partial charge in [-0.25, -0.2) is 0 Å². The summed E-state index contributed by atoms with van der Waals surface area (Å²) in [5.74, 6) is 1.10. The van der Waals surface area contributed by atoms with Crippen LogP contribution in [-0.2, 0) is 24.2 Å². The Morgan fingerprint density at radius 1 is 0.783 bits per heavy atom. The molecule has 0 amide bonds. The van der Waals surface area contributed by atoms with Gasteiger partial charge in [-0.15, -0.1) is 23.2 Å². The van der Waals surface area contributed by atoms with E-state index in [-0.39, 0.29) is 24.9 Å². The molecule has 2 unspecified atom stereocenters. The molecule has 4 aliphatic rings. The van der Waals surface area contributed by atoms with Crippen LogP contribution < -0.4 is 9.80 Å². The monoisotopic (exact) mass is 766 g/mol. The van der Waals surface area contributed by atoms with Gasteiger partial charge in [0.05, 0.1) is 34.2 Å². The van der Waals surface area contributed by atoms with Gasteiger partial charge < -0.3 is 14.5 Å². The van der Waals surface area contributed by atoms with Gasteiger partial charge in [-0.2, -0.15) is 0 Å². The number of halogens is 2. The fourth-order valence-corrected chi connectivity index (χ4v) is 15.2. The minimum Gasteiger partial charge on any atom is -0.501 e. The van der Waals surface area contributed by atoms with Crippen molar-refractivity contribution in [2.75, 3.05) is 16.4 Å². The molecule has 3 nitrogen and oxygen atoms in total. The van der Waals surface area contributed by atoms with Gasteiger partial charge in [0.15, 0.2) is 0 Å². The topological polar surface area (TPSA) is 15.7 Å². The maximum atomic E-state index is 8.23. The molecule has 7 heteroatoms. The Hall–Kier alpha value is -1.31. The molecule has 3 fully saturated rings. The van der Waals surface area contributed by atoms with E-state index in [0.717, 1.165) is 23.4 Å². The Morgan fingerprint density at radius 2 is 1.20 bits per heavy atom. The van der Waals surface area contributed by atoms with Gasteiger partial charge in [0.2, 0.25) is 0 Å². The molecule has 3 saturated carbocycles. The van der Waals surface area contributed by atoms with E-state index in [0.29, 0.717) is 17.9 Å². The van der Waals surface area contributed by atoms with E-state index in [1.165, 1.54) is 96.1 Å². The molecule has 2 atom stereocenters. The van der Waals surface area contributed by atoms with Crippen LogP contribution in [0.3, 0.4) is 0 Å². The molecule has 3 aliphatic carbocycles. The quantitative estimate of drug-likeness (QED) is 0.121. The molecule has 2 aromatic carbocycles. The molecule has 6 rings (SSSR count). The van der Waals surface area contributed by atoms with Crippen molar-refractivity contribution in [3.05, 3.63) is 93.3 Å². The SMILES string of the molecule is CCOC=C1C(=C2N(c3c(C)cc(C)cc3C)C=CN2c2c(C)cc(C)cc2C)C(Cl)CC1(Cl)P(C1CCCC1)C1CCCC1.[Ru]. The molecule has 250 valence electrons. The second-order valence-corrected chi connectivity index (χ2v) is 18.4. The Labute approximate surface area is 302 Å². The van der Waals surface area contributed by atoms with Crippen LogP contribution in [0, 0.1) is 41.5 Å². The zero-order valence-electron chi connectivity index (χ0n) is 28.7. The van der Waals surface area contributed by atoms with E-state index in [1.54, 1.807) is 0 Å². The number of allylic oxidation sites excluding steroid dienone is 2. The number of rotatable bonds is 7. The summed E-state index contributed by atoms with van der Waals surface area (Å²) in [6, 6.07) is 9.16. The third-order valence-electron chi connectivity index (χ3n) is 10.5. The minimum atomic E-state index is -0.502. The first-order valence-corrected chi connectivity index (χ1v) is 19.4. The van der Waals surface area contributed by atoms with E-state index in [9.17, 15) is 0 Å². The summed E-state index contributed by atoms with van der Waals surface area (Å²) in [5, 5.41) is -0.223. The second-order valence-electron chi connectivity index (χ2n) is 14.0. The first kappa shape index (κ1) is 36.0. The van der Waals surface area contributed by atoms with Crippen LogP contribution in [0.5, 0.6) is 0 Å². The third-order valence-corrected chi connectivity index (χ3v) is 15.7. The van der Waals surface area contributed by atoms with Gasteiger partial charge in [0, 0.05) is 43.0 Å².